The highest BCUT2D eigenvalue weighted by Gasteiger charge is 2.10. The zero-order chi connectivity index (χ0) is 11.3. The average molecular weight is 209 g/mol. The second kappa shape index (κ2) is 5.36. The maximum absolute atomic E-state index is 11.1. The third-order valence-electron chi connectivity index (χ3n) is 1.77. The van der Waals surface area contributed by atoms with E-state index in [1.807, 2.05) is 6.92 Å². The summed E-state index contributed by atoms with van der Waals surface area (Å²) in [6.45, 7) is 7.01. The molecule has 4 heteroatoms. The molecule has 1 N–H and O–H groups in total. The Kier molecular flexibility index (Phi) is 4.12. The molecule has 0 saturated carbocycles. The molecule has 0 unspecified atom stereocenters. The summed E-state index contributed by atoms with van der Waals surface area (Å²) in [5, 5.41) is 3.13. The highest BCUT2D eigenvalue weighted by atomic mass is 16.5. The molecule has 1 aromatic heterocycles. The van der Waals surface area contributed by atoms with Crippen molar-refractivity contribution >= 4 is 5.97 Å². The average Bonchev–Trinajstić information content (AvgIpc) is 2.65. The van der Waals surface area contributed by atoms with Crippen LogP contribution in [0.15, 0.2) is 28.7 Å². The van der Waals surface area contributed by atoms with Gasteiger partial charge in [0, 0.05) is 6.54 Å². The summed E-state index contributed by atoms with van der Waals surface area (Å²) < 4.78 is 9.78. The molecule has 82 valence electrons. The van der Waals surface area contributed by atoms with Crippen molar-refractivity contribution in [2.75, 3.05) is 13.7 Å². The highest BCUT2D eigenvalue weighted by Crippen LogP contribution is 2.08. The summed E-state index contributed by atoms with van der Waals surface area (Å²) in [7, 11) is 1.32. The van der Waals surface area contributed by atoms with E-state index in [2.05, 4.69) is 16.6 Å². The van der Waals surface area contributed by atoms with Gasteiger partial charge < -0.3 is 14.5 Å². The van der Waals surface area contributed by atoms with Crippen molar-refractivity contribution in [3.8, 4) is 0 Å². The summed E-state index contributed by atoms with van der Waals surface area (Å²) in [6.07, 6.45) is 0. The summed E-state index contributed by atoms with van der Waals surface area (Å²) in [4.78, 5) is 11.1. The maximum Gasteiger partial charge on any atom is 0.373 e. The maximum atomic E-state index is 11.1. The largest absolute Gasteiger partial charge is 0.463 e. The van der Waals surface area contributed by atoms with Crippen LogP contribution in [-0.4, -0.2) is 19.6 Å². The van der Waals surface area contributed by atoms with E-state index in [9.17, 15) is 4.79 Å². The Labute approximate surface area is 88.9 Å². The molecule has 0 saturated heterocycles. The van der Waals surface area contributed by atoms with E-state index in [4.69, 9.17) is 4.42 Å². The molecule has 0 radical (unpaired) electrons. The number of hydrogen-bond donors (Lipinski definition) is 1. The Bertz CT molecular complexity index is 354. The number of carbonyl (C=O) groups is 1. The Morgan fingerprint density at radius 1 is 1.60 bits per heavy atom. The number of hydrogen-bond acceptors (Lipinski definition) is 4. The fourth-order valence-electron chi connectivity index (χ4n) is 1.08. The monoisotopic (exact) mass is 209 g/mol. The molecule has 4 nitrogen and oxygen atoms in total. The van der Waals surface area contributed by atoms with Gasteiger partial charge in [0.05, 0.1) is 13.7 Å². The minimum Gasteiger partial charge on any atom is -0.463 e. The molecule has 0 spiro atoms. The zero-order valence-corrected chi connectivity index (χ0v) is 9.00. The van der Waals surface area contributed by atoms with E-state index in [0.29, 0.717) is 12.3 Å². The van der Waals surface area contributed by atoms with Gasteiger partial charge in [-0.15, -0.1) is 0 Å². The first-order valence-corrected chi connectivity index (χ1v) is 4.65. The molecule has 1 aromatic rings. The van der Waals surface area contributed by atoms with Crippen molar-refractivity contribution in [1.29, 1.82) is 0 Å². The summed E-state index contributed by atoms with van der Waals surface area (Å²) in [6, 6.07) is 3.35. The van der Waals surface area contributed by atoms with Gasteiger partial charge in [-0.1, -0.05) is 12.2 Å². The van der Waals surface area contributed by atoms with Crippen molar-refractivity contribution in [2.45, 2.75) is 13.5 Å². The lowest BCUT2D eigenvalue weighted by atomic mass is 10.3. The predicted molar refractivity (Wildman–Crippen MR) is 56.6 cm³/mol. The van der Waals surface area contributed by atoms with Crippen LogP contribution < -0.4 is 5.32 Å². The summed E-state index contributed by atoms with van der Waals surface area (Å²) in [5.41, 5.74) is 1.05. The first-order valence-electron chi connectivity index (χ1n) is 4.65. The molecular weight excluding hydrogens is 194 g/mol. The fraction of sp³-hybridized carbons (Fsp3) is 0.364. The minimum atomic E-state index is -0.457. The van der Waals surface area contributed by atoms with E-state index >= 15 is 0 Å². The van der Waals surface area contributed by atoms with Gasteiger partial charge in [0.25, 0.3) is 0 Å². The smallest absolute Gasteiger partial charge is 0.373 e. The molecule has 0 aliphatic rings. The predicted octanol–water partition coefficient (Wildman–Crippen LogP) is 1.73. The van der Waals surface area contributed by atoms with Crippen molar-refractivity contribution in [2.24, 2.45) is 0 Å². The standard InChI is InChI=1S/C11H15NO3/c1-8(2)6-12-7-9-4-5-10(15-9)11(13)14-3/h4-5,12H,1,6-7H2,2-3H3. The van der Waals surface area contributed by atoms with Crippen LogP contribution >= 0.6 is 0 Å². The van der Waals surface area contributed by atoms with Gasteiger partial charge in [-0.25, -0.2) is 4.79 Å². The van der Waals surface area contributed by atoms with Crippen molar-refractivity contribution < 1.29 is 13.9 Å². The van der Waals surface area contributed by atoms with Crippen LogP contribution in [-0.2, 0) is 11.3 Å². The van der Waals surface area contributed by atoms with Crippen LogP contribution in [0.5, 0.6) is 0 Å². The molecule has 15 heavy (non-hydrogen) atoms. The molecule has 0 aliphatic heterocycles. The van der Waals surface area contributed by atoms with E-state index in [1.165, 1.54) is 7.11 Å². The van der Waals surface area contributed by atoms with Crippen LogP contribution in [0.4, 0.5) is 0 Å². The Morgan fingerprint density at radius 3 is 2.93 bits per heavy atom. The van der Waals surface area contributed by atoms with E-state index in [1.54, 1.807) is 12.1 Å². The summed E-state index contributed by atoms with van der Waals surface area (Å²) in [5.74, 6) is 0.474. The topological polar surface area (TPSA) is 51.5 Å². The molecule has 0 aromatic carbocycles. The number of esters is 1. The zero-order valence-electron chi connectivity index (χ0n) is 9.00. The van der Waals surface area contributed by atoms with Gasteiger partial charge in [0.2, 0.25) is 5.76 Å². The Balaban J connectivity index is 2.46. The normalized spacial score (nSPS) is 10.0. The Morgan fingerprint density at radius 2 is 2.33 bits per heavy atom. The molecule has 0 amide bonds. The lowest BCUT2D eigenvalue weighted by molar-refractivity contribution is 0.0563. The first kappa shape index (κ1) is 11.5. The van der Waals surface area contributed by atoms with E-state index in [-0.39, 0.29) is 5.76 Å². The van der Waals surface area contributed by atoms with Crippen LogP contribution in [0.25, 0.3) is 0 Å². The van der Waals surface area contributed by atoms with E-state index < -0.39 is 5.97 Å². The number of ether oxygens (including phenoxy) is 1. The van der Waals surface area contributed by atoms with Crippen LogP contribution in [0.3, 0.4) is 0 Å². The highest BCUT2D eigenvalue weighted by molar-refractivity contribution is 5.86. The lowest BCUT2D eigenvalue weighted by Crippen LogP contribution is -2.14. The molecule has 0 atom stereocenters. The molecule has 1 heterocycles. The van der Waals surface area contributed by atoms with Gasteiger partial charge in [0.1, 0.15) is 5.76 Å². The van der Waals surface area contributed by atoms with Gasteiger partial charge in [-0.2, -0.15) is 0 Å². The number of carbonyl (C=O) groups excluding carboxylic acids is 1. The van der Waals surface area contributed by atoms with Crippen LogP contribution in [0, 0.1) is 0 Å². The first-order chi connectivity index (χ1) is 7.13. The molecule has 0 bridgehead atoms. The second-order valence-electron chi connectivity index (χ2n) is 3.32. The number of nitrogens with one attached hydrogen (secondary N) is 1. The van der Waals surface area contributed by atoms with Crippen LogP contribution in [0.2, 0.25) is 0 Å². The lowest BCUT2D eigenvalue weighted by Gasteiger charge is -2.00. The molecule has 0 aliphatic carbocycles. The van der Waals surface area contributed by atoms with Gasteiger partial charge >= 0.3 is 5.97 Å². The number of rotatable bonds is 5. The number of methoxy groups -OCH3 is 1. The molecular formula is C11H15NO3. The Hall–Kier alpha value is -1.55. The van der Waals surface area contributed by atoms with Gasteiger partial charge in [-0.05, 0) is 19.1 Å². The quantitative estimate of drug-likeness (QED) is 0.592. The minimum absolute atomic E-state index is 0.227. The SMILES string of the molecule is C=C(C)CNCc1ccc(C(=O)OC)o1. The van der Waals surface area contributed by atoms with Crippen molar-refractivity contribution in [3.05, 3.63) is 35.8 Å². The third kappa shape index (κ3) is 3.59. The van der Waals surface area contributed by atoms with Crippen molar-refractivity contribution in [1.82, 2.24) is 5.32 Å². The fourth-order valence-corrected chi connectivity index (χ4v) is 1.08. The second-order valence-corrected chi connectivity index (χ2v) is 3.32. The molecule has 0 fully saturated rings. The van der Waals surface area contributed by atoms with Crippen LogP contribution in [0.1, 0.15) is 23.2 Å². The molecule has 1 rings (SSSR count). The summed E-state index contributed by atoms with van der Waals surface area (Å²) >= 11 is 0. The van der Waals surface area contributed by atoms with Crippen molar-refractivity contribution in [3.63, 3.8) is 0 Å². The number of furan rings is 1. The van der Waals surface area contributed by atoms with Gasteiger partial charge in [-0.3, -0.25) is 0 Å². The van der Waals surface area contributed by atoms with E-state index in [0.717, 1.165) is 12.1 Å². The third-order valence-corrected chi connectivity index (χ3v) is 1.77. The van der Waals surface area contributed by atoms with Gasteiger partial charge in [0.15, 0.2) is 0 Å².